The standard InChI is InChI=1S/C18H22FN3O4S/c1-3-26-17-7-6-13(10-15(17)19)20-18(23)16-11-14(12-21(16)2)27(24,25)22-8-4-5-9-22/h6-7,10-12H,3-5,8-9H2,1-2H3,(H,20,23). The number of rotatable bonds is 6. The minimum atomic E-state index is -3.61. The minimum Gasteiger partial charge on any atom is -0.491 e. The van der Waals surface area contributed by atoms with E-state index in [0.717, 1.165) is 18.9 Å². The second-order valence-electron chi connectivity index (χ2n) is 6.32. The maximum Gasteiger partial charge on any atom is 0.272 e. The van der Waals surface area contributed by atoms with Crippen LogP contribution in [0.25, 0.3) is 0 Å². The first-order chi connectivity index (χ1) is 12.8. The van der Waals surface area contributed by atoms with E-state index in [2.05, 4.69) is 5.32 Å². The van der Waals surface area contributed by atoms with Gasteiger partial charge in [-0.05, 0) is 38.0 Å². The number of carbonyl (C=O) groups excluding carboxylic acids is 1. The Morgan fingerprint density at radius 3 is 2.59 bits per heavy atom. The van der Waals surface area contributed by atoms with E-state index in [1.807, 2.05) is 0 Å². The number of anilines is 1. The van der Waals surface area contributed by atoms with E-state index in [0.29, 0.717) is 19.7 Å². The first kappa shape index (κ1) is 19.4. The van der Waals surface area contributed by atoms with E-state index in [1.54, 1.807) is 14.0 Å². The van der Waals surface area contributed by atoms with E-state index in [1.165, 1.54) is 33.3 Å². The van der Waals surface area contributed by atoms with Gasteiger partial charge in [0.25, 0.3) is 5.91 Å². The van der Waals surface area contributed by atoms with Crippen LogP contribution in [0.2, 0.25) is 0 Å². The molecule has 2 aromatic rings. The van der Waals surface area contributed by atoms with Crippen LogP contribution in [0.15, 0.2) is 35.4 Å². The number of nitrogens with zero attached hydrogens (tertiary/aromatic N) is 2. The molecule has 0 spiro atoms. The summed E-state index contributed by atoms with van der Waals surface area (Å²) in [5.74, 6) is -1.00. The highest BCUT2D eigenvalue weighted by Crippen LogP contribution is 2.24. The molecule has 27 heavy (non-hydrogen) atoms. The number of hydrogen-bond acceptors (Lipinski definition) is 4. The highest BCUT2D eigenvalue weighted by molar-refractivity contribution is 7.89. The second kappa shape index (κ2) is 7.69. The molecule has 0 bridgehead atoms. The highest BCUT2D eigenvalue weighted by atomic mass is 32.2. The van der Waals surface area contributed by atoms with Crippen LogP contribution in [0.4, 0.5) is 10.1 Å². The van der Waals surface area contributed by atoms with Crippen molar-refractivity contribution in [1.82, 2.24) is 8.87 Å². The summed E-state index contributed by atoms with van der Waals surface area (Å²) >= 11 is 0. The Kier molecular flexibility index (Phi) is 5.52. The molecule has 7 nitrogen and oxygen atoms in total. The number of halogens is 1. The summed E-state index contributed by atoms with van der Waals surface area (Å²) < 4.78 is 47.2. The number of nitrogens with one attached hydrogen (secondary N) is 1. The molecule has 9 heteroatoms. The Morgan fingerprint density at radius 1 is 1.26 bits per heavy atom. The fourth-order valence-corrected chi connectivity index (χ4v) is 4.61. The Balaban J connectivity index is 1.80. The van der Waals surface area contributed by atoms with Crippen LogP contribution < -0.4 is 10.1 Å². The molecule has 1 aliphatic rings. The third-order valence-corrected chi connectivity index (χ3v) is 6.27. The fourth-order valence-electron chi connectivity index (χ4n) is 3.02. The maximum absolute atomic E-state index is 13.9. The topological polar surface area (TPSA) is 80.6 Å². The molecular weight excluding hydrogens is 373 g/mol. The van der Waals surface area contributed by atoms with Crippen LogP contribution in [0, 0.1) is 5.82 Å². The zero-order valence-corrected chi connectivity index (χ0v) is 16.1. The van der Waals surface area contributed by atoms with Gasteiger partial charge < -0.3 is 14.6 Å². The third-order valence-electron chi connectivity index (χ3n) is 4.40. The lowest BCUT2D eigenvalue weighted by molar-refractivity contribution is 0.101. The summed E-state index contributed by atoms with van der Waals surface area (Å²) in [5.41, 5.74) is 0.424. The number of sulfonamides is 1. The molecule has 0 aliphatic carbocycles. The quantitative estimate of drug-likeness (QED) is 0.815. The van der Waals surface area contributed by atoms with Crippen LogP contribution in [-0.2, 0) is 17.1 Å². The molecule has 0 atom stereocenters. The van der Waals surface area contributed by atoms with Crippen molar-refractivity contribution in [3.63, 3.8) is 0 Å². The van der Waals surface area contributed by atoms with Crippen molar-refractivity contribution in [2.75, 3.05) is 25.0 Å². The Morgan fingerprint density at radius 2 is 1.96 bits per heavy atom. The van der Waals surface area contributed by atoms with Gasteiger partial charge in [0, 0.05) is 38.1 Å². The van der Waals surface area contributed by atoms with E-state index < -0.39 is 21.7 Å². The van der Waals surface area contributed by atoms with Gasteiger partial charge in [-0.3, -0.25) is 4.79 Å². The van der Waals surface area contributed by atoms with Crippen molar-refractivity contribution in [1.29, 1.82) is 0 Å². The third kappa shape index (κ3) is 3.98. The number of hydrogen-bond donors (Lipinski definition) is 1. The molecule has 146 valence electrons. The normalized spacial score (nSPS) is 15.1. The van der Waals surface area contributed by atoms with Gasteiger partial charge in [0.15, 0.2) is 11.6 Å². The average Bonchev–Trinajstić information content (AvgIpc) is 3.27. The monoisotopic (exact) mass is 395 g/mol. The number of benzene rings is 1. The van der Waals surface area contributed by atoms with Gasteiger partial charge in [-0.25, -0.2) is 12.8 Å². The molecule has 0 radical (unpaired) electrons. The predicted octanol–water partition coefficient (Wildman–Crippen LogP) is 2.60. The number of carbonyl (C=O) groups is 1. The van der Waals surface area contributed by atoms with Gasteiger partial charge in [-0.15, -0.1) is 0 Å². The van der Waals surface area contributed by atoms with E-state index in [9.17, 15) is 17.6 Å². The number of aromatic nitrogens is 1. The molecule has 2 heterocycles. The highest BCUT2D eigenvalue weighted by Gasteiger charge is 2.29. The van der Waals surface area contributed by atoms with Crippen LogP contribution in [0.1, 0.15) is 30.3 Å². The van der Waals surface area contributed by atoms with Gasteiger partial charge in [0.05, 0.1) is 6.61 Å². The minimum absolute atomic E-state index is 0.0786. The molecule has 0 saturated carbocycles. The van der Waals surface area contributed by atoms with Crippen LogP contribution in [0.3, 0.4) is 0 Å². The fraction of sp³-hybridized carbons (Fsp3) is 0.389. The zero-order valence-electron chi connectivity index (χ0n) is 15.2. The van der Waals surface area contributed by atoms with Gasteiger partial charge in [-0.2, -0.15) is 4.31 Å². The molecule has 1 N–H and O–H groups in total. The summed E-state index contributed by atoms with van der Waals surface area (Å²) in [7, 11) is -2.02. The smallest absolute Gasteiger partial charge is 0.272 e. The largest absolute Gasteiger partial charge is 0.491 e. The Hall–Kier alpha value is -2.39. The number of ether oxygens (including phenoxy) is 1. The van der Waals surface area contributed by atoms with Crippen LogP contribution in [0.5, 0.6) is 5.75 Å². The van der Waals surface area contributed by atoms with Gasteiger partial charge >= 0.3 is 0 Å². The van der Waals surface area contributed by atoms with Crippen LogP contribution >= 0.6 is 0 Å². The summed E-state index contributed by atoms with van der Waals surface area (Å²) in [6.07, 6.45) is 3.09. The van der Waals surface area contributed by atoms with Crippen molar-refractivity contribution < 1.29 is 22.3 Å². The summed E-state index contributed by atoms with van der Waals surface area (Å²) in [5, 5.41) is 2.58. The Bertz CT molecular complexity index is 950. The molecular formula is C18H22FN3O4S. The van der Waals surface area contributed by atoms with E-state index >= 15 is 0 Å². The molecule has 1 saturated heterocycles. The van der Waals surface area contributed by atoms with Crippen molar-refractivity contribution in [2.24, 2.45) is 7.05 Å². The van der Waals surface area contributed by atoms with Crippen molar-refractivity contribution in [3.05, 3.63) is 42.0 Å². The molecule has 1 aromatic carbocycles. The van der Waals surface area contributed by atoms with E-state index in [-0.39, 0.29) is 22.0 Å². The number of aryl methyl sites for hydroxylation is 1. The maximum atomic E-state index is 13.9. The summed E-state index contributed by atoms with van der Waals surface area (Å²) in [4.78, 5) is 12.6. The predicted molar refractivity (Wildman–Crippen MR) is 98.9 cm³/mol. The van der Waals surface area contributed by atoms with Crippen LogP contribution in [-0.4, -0.2) is 42.9 Å². The van der Waals surface area contributed by atoms with Crippen molar-refractivity contribution in [2.45, 2.75) is 24.7 Å². The van der Waals surface area contributed by atoms with Crippen molar-refractivity contribution in [3.8, 4) is 5.75 Å². The lowest BCUT2D eigenvalue weighted by atomic mass is 10.2. The molecule has 1 aliphatic heterocycles. The van der Waals surface area contributed by atoms with Gasteiger partial charge in [0.1, 0.15) is 10.6 Å². The average molecular weight is 395 g/mol. The molecule has 1 aromatic heterocycles. The molecule has 0 unspecified atom stereocenters. The molecule has 3 rings (SSSR count). The molecule has 1 amide bonds. The first-order valence-electron chi connectivity index (χ1n) is 8.73. The molecule has 1 fully saturated rings. The van der Waals surface area contributed by atoms with E-state index in [4.69, 9.17) is 4.74 Å². The van der Waals surface area contributed by atoms with Gasteiger partial charge in [0.2, 0.25) is 10.0 Å². The van der Waals surface area contributed by atoms with Crippen molar-refractivity contribution >= 4 is 21.6 Å². The lowest BCUT2D eigenvalue weighted by Crippen LogP contribution is -2.27. The lowest BCUT2D eigenvalue weighted by Gasteiger charge is -2.13. The zero-order chi connectivity index (χ0) is 19.6. The second-order valence-corrected chi connectivity index (χ2v) is 8.25. The Labute approximate surface area is 157 Å². The number of amides is 1. The summed E-state index contributed by atoms with van der Waals surface area (Å²) in [6, 6.07) is 5.46. The summed E-state index contributed by atoms with van der Waals surface area (Å²) in [6.45, 7) is 3.06. The SMILES string of the molecule is CCOc1ccc(NC(=O)c2cc(S(=O)(=O)N3CCCC3)cn2C)cc1F. The first-order valence-corrected chi connectivity index (χ1v) is 10.2. The van der Waals surface area contributed by atoms with Gasteiger partial charge in [-0.1, -0.05) is 0 Å².